The molecule has 0 aliphatic carbocycles. The van der Waals surface area contributed by atoms with Crippen molar-refractivity contribution in [3.05, 3.63) is 273 Å². The topological polar surface area (TPSA) is 100 Å². The highest BCUT2D eigenvalue weighted by Gasteiger charge is 2.22. The second kappa shape index (κ2) is 19.9. The maximum absolute atomic E-state index is 5.24. The van der Waals surface area contributed by atoms with Gasteiger partial charge in [0.1, 0.15) is 5.01 Å². The maximum Gasteiger partial charge on any atom is 0.164 e. The van der Waals surface area contributed by atoms with E-state index in [-0.39, 0.29) is 0 Å². The van der Waals surface area contributed by atoms with E-state index in [4.69, 9.17) is 34.9 Å². The van der Waals surface area contributed by atoms with Gasteiger partial charge in [-0.25, -0.2) is 34.9 Å². The van der Waals surface area contributed by atoms with E-state index in [9.17, 15) is 0 Å². The molecule has 11 aromatic carbocycles. The Hall–Kier alpha value is -11.1. The molecule has 0 unspecified atom stereocenters. The Labute approximate surface area is 480 Å². The lowest BCUT2D eigenvalue weighted by atomic mass is 10.0. The first-order valence-corrected chi connectivity index (χ1v) is 28.4. The Bertz CT molecular complexity index is 5020. The minimum atomic E-state index is 0.596. The highest BCUT2D eigenvalue weighted by molar-refractivity contribution is 7.22. The quantitative estimate of drug-likeness (QED) is 0.134. The van der Waals surface area contributed by atoms with Gasteiger partial charge in [0.25, 0.3) is 0 Å². The first-order valence-electron chi connectivity index (χ1n) is 27.5. The fraction of sp³-hybridized carbons (Fsp3) is 0. The van der Waals surface area contributed by atoms with Crippen molar-refractivity contribution in [2.24, 2.45) is 0 Å². The summed E-state index contributed by atoms with van der Waals surface area (Å²) in [7, 11) is 0. The Morgan fingerprint density at radius 2 is 0.627 bits per heavy atom. The number of hydrogen-bond acceptors (Lipinski definition) is 8. The largest absolute Gasteiger partial charge is 0.309 e. The summed E-state index contributed by atoms with van der Waals surface area (Å²) in [5.74, 6) is 3.70. The Morgan fingerprint density at radius 3 is 1.12 bits per heavy atom. The van der Waals surface area contributed by atoms with Crippen LogP contribution in [-0.2, 0) is 0 Å². The molecule has 0 amide bonds. The summed E-state index contributed by atoms with van der Waals surface area (Å²) >= 11 is 1.73. The molecule has 16 aromatic rings. The standard InChI is InChI=1S/C73H45N9S/c1-6-20-46(21-7-1)67-75-68(47-22-8-2-9-23-47)78-71(77-67)53-30-18-32-55(42-53)81-62-35-17-16-34-57(62)59-44-51(36-40-63(59)81)52-37-41-64-60(45-52)58-38-39-61-66(83-73(74-61)50-28-14-5-15-29-50)65(58)82(64)56-33-19-31-54(43-56)72-79-69(48-24-10-3-11-25-48)76-70(80-72)49-26-12-4-13-27-49/h1-45H. The summed E-state index contributed by atoms with van der Waals surface area (Å²) in [5, 5.41) is 5.58. The van der Waals surface area contributed by atoms with Gasteiger partial charge in [0, 0.05) is 71.9 Å². The molecule has 10 heteroatoms. The molecule has 0 aliphatic heterocycles. The highest BCUT2D eigenvalue weighted by atomic mass is 32.1. The van der Waals surface area contributed by atoms with Crippen molar-refractivity contribution in [3.8, 4) is 101 Å². The van der Waals surface area contributed by atoms with Crippen LogP contribution in [0.4, 0.5) is 0 Å². The van der Waals surface area contributed by atoms with E-state index in [0.717, 1.165) is 120 Å². The van der Waals surface area contributed by atoms with Gasteiger partial charge in [-0.1, -0.05) is 206 Å². The number of rotatable bonds is 10. The van der Waals surface area contributed by atoms with Crippen LogP contribution >= 0.6 is 11.3 Å². The van der Waals surface area contributed by atoms with Crippen molar-refractivity contribution in [1.29, 1.82) is 0 Å². The average molecular weight is 1080 g/mol. The molecular formula is C73H45N9S. The van der Waals surface area contributed by atoms with Gasteiger partial charge < -0.3 is 9.13 Å². The third-order valence-electron chi connectivity index (χ3n) is 15.4. The number of hydrogen-bond donors (Lipinski definition) is 0. The first kappa shape index (κ1) is 47.9. The molecule has 0 bridgehead atoms. The monoisotopic (exact) mass is 1080 g/mol. The highest BCUT2D eigenvalue weighted by Crippen LogP contribution is 2.44. The molecule has 0 N–H and O–H groups in total. The predicted molar refractivity (Wildman–Crippen MR) is 339 cm³/mol. The van der Waals surface area contributed by atoms with Crippen LogP contribution in [0.25, 0.3) is 155 Å². The summed E-state index contributed by atoms with van der Waals surface area (Å²) in [4.78, 5) is 35.6. The fourth-order valence-corrected chi connectivity index (χ4v) is 12.6. The normalized spacial score (nSPS) is 11.6. The molecule has 5 heterocycles. The zero-order chi connectivity index (χ0) is 54.8. The first-order chi connectivity index (χ1) is 41.1. The molecule has 388 valence electrons. The molecule has 9 nitrogen and oxygen atoms in total. The molecule has 0 saturated heterocycles. The van der Waals surface area contributed by atoms with E-state index < -0.39 is 0 Å². The minimum absolute atomic E-state index is 0.596. The lowest BCUT2D eigenvalue weighted by molar-refractivity contribution is 1.07. The summed E-state index contributed by atoms with van der Waals surface area (Å²) in [6.07, 6.45) is 0. The number of aromatic nitrogens is 9. The Balaban J connectivity index is 0.837. The van der Waals surface area contributed by atoms with Gasteiger partial charge in [0.05, 0.1) is 32.3 Å². The van der Waals surface area contributed by atoms with Crippen LogP contribution in [0.3, 0.4) is 0 Å². The zero-order valence-corrected chi connectivity index (χ0v) is 45.2. The summed E-state index contributed by atoms with van der Waals surface area (Å²) < 4.78 is 5.87. The summed E-state index contributed by atoms with van der Waals surface area (Å²) in [5.41, 5.74) is 16.2. The molecular weight excluding hydrogens is 1030 g/mol. The summed E-state index contributed by atoms with van der Waals surface area (Å²) in [6, 6.07) is 94.9. The molecule has 83 heavy (non-hydrogen) atoms. The Morgan fingerprint density at radius 1 is 0.241 bits per heavy atom. The second-order valence-corrected chi connectivity index (χ2v) is 21.5. The predicted octanol–water partition coefficient (Wildman–Crippen LogP) is 18.2. The molecule has 0 aliphatic rings. The third-order valence-corrected chi connectivity index (χ3v) is 16.6. The molecule has 0 fully saturated rings. The van der Waals surface area contributed by atoms with E-state index in [1.807, 2.05) is 127 Å². The van der Waals surface area contributed by atoms with Gasteiger partial charge in [-0.3, -0.25) is 0 Å². The number of nitrogens with zero attached hydrogens (tertiary/aromatic N) is 9. The minimum Gasteiger partial charge on any atom is -0.309 e. The number of benzene rings is 11. The zero-order valence-electron chi connectivity index (χ0n) is 44.4. The van der Waals surface area contributed by atoms with Crippen LogP contribution in [0, 0.1) is 0 Å². The molecule has 0 atom stereocenters. The van der Waals surface area contributed by atoms with Gasteiger partial charge in [0.2, 0.25) is 0 Å². The SMILES string of the molecule is c1ccc(-c2nc(-c3ccccc3)nc(-c3cccc(-n4c5ccccc5c5cc(-c6ccc7c(c6)c6ccc8nc(-c9ccccc9)sc8c6n7-c6cccc(-c7nc(-c8ccccc8)nc(-c8ccccc8)n7)c6)ccc54)c3)n2)cc1. The number of thiazole rings is 1. The van der Waals surface area contributed by atoms with E-state index in [1.54, 1.807) is 11.3 Å². The van der Waals surface area contributed by atoms with Gasteiger partial charge in [-0.15, -0.1) is 11.3 Å². The smallest absolute Gasteiger partial charge is 0.164 e. The van der Waals surface area contributed by atoms with Crippen LogP contribution in [0.2, 0.25) is 0 Å². The molecule has 5 aromatic heterocycles. The van der Waals surface area contributed by atoms with Crippen molar-refractivity contribution >= 4 is 65.2 Å². The van der Waals surface area contributed by atoms with E-state index in [1.165, 1.54) is 0 Å². The lowest BCUT2D eigenvalue weighted by Crippen LogP contribution is -2.01. The van der Waals surface area contributed by atoms with Crippen LogP contribution < -0.4 is 0 Å². The number of fused-ring (bicyclic) bond motifs is 8. The van der Waals surface area contributed by atoms with Crippen molar-refractivity contribution < 1.29 is 0 Å². The molecule has 16 rings (SSSR count). The van der Waals surface area contributed by atoms with E-state index in [0.29, 0.717) is 34.9 Å². The van der Waals surface area contributed by atoms with Crippen LogP contribution in [0.1, 0.15) is 0 Å². The Kier molecular flexibility index (Phi) is 11.5. The van der Waals surface area contributed by atoms with Crippen LogP contribution in [0.15, 0.2) is 273 Å². The number of para-hydroxylation sites is 1. The van der Waals surface area contributed by atoms with Crippen molar-refractivity contribution in [2.75, 3.05) is 0 Å². The molecule has 0 spiro atoms. The average Bonchev–Trinajstić information content (AvgIpc) is 2.34. The maximum atomic E-state index is 5.24. The van der Waals surface area contributed by atoms with Gasteiger partial charge in [-0.2, -0.15) is 0 Å². The van der Waals surface area contributed by atoms with Gasteiger partial charge >= 0.3 is 0 Å². The second-order valence-electron chi connectivity index (χ2n) is 20.5. The molecule has 0 radical (unpaired) electrons. The van der Waals surface area contributed by atoms with Crippen molar-refractivity contribution in [3.63, 3.8) is 0 Å². The van der Waals surface area contributed by atoms with Crippen LogP contribution in [-0.4, -0.2) is 44.0 Å². The van der Waals surface area contributed by atoms with E-state index >= 15 is 0 Å². The summed E-state index contributed by atoms with van der Waals surface area (Å²) in [6.45, 7) is 0. The third kappa shape index (κ3) is 8.52. The van der Waals surface area contributed by atoms with Gasteiger partial charge in [-0.05, 0) is 77.9 Å². The van der Waals surface area contributed by atoms with Crippen molar-refractivity contribution in [1.82, 2.24) is 44.0 Å². The van der Waals surface area contributed by atoms with E-state index in [2.05, 4.69) is 155 Å². The fourth-order valence-electron chi connectivity index (χ4n) is 11.5. The molecule has 0 saturated carbocycles. The van der Waals surface area contributed by atoms with Crippen LogP contribution in [0.5, 0.6) is 0 Å². The lowest BCUT2D eigenvalue weighted by Gasteiger charge is -2.12. The van der Waals surface area contributed by atoms with Crippen molar-refractivity contribution in [2.45, 2.75) is 0 Å². The van der Waals surface area contributed by atoms with Gasteiger partial charge in [0.15, 0.2) is 34.9 Å².